The van der Waals surface area contributed by atoms with Crippen LogP contribution in [0.15, 0.2) is 53.4 Å². The molecule has 0 aliphatic rings. The fourth-order valence-electron chi connectivity index (χ4n) is 2.22. The molecule has 0 heterocycles. The van der Waals surface area contributed by atoms with Crippen LogP contribution in [0.3, 0.4) is 0 Å². The SMILES string of the molecule is CCOC(=O)/C=C/c1ccc(NS(=O)(=O)c2ccc(OC)cc2[N+](=O)[O-])cc1. The van der Waals surface area contributed by atoms with Crippen molar-refractivity contribution in [1.29, 1.82) is 0 Å². The maximum atomic E-state index is 12.6. The lowest BCUT2D eigenvalue weighted by Gasteiger charge is -2.09. The highest BCUT2D eigenvalue weighted by Crippen LogP contribution is 2.29. The molecule has 9 nitrogen and oxygen atoms in total. The molecule has 2 aromatic rings. The van der Waals surface area contributed by atoms with Crippen LogP contribution in [0.2, 0.25) is 0 Å². The van der Waals surface area contributed by atoms with E-state index in [4.69, 9.17) is 9.47 Å². The molecular weight excluding hydrogens is 388 g/mol. The lowest BCUT2D eigenvalue weighted by Crippen LogP contribution is -2.14. The van der Waals surface area contributed by atoms with E-state index in [1.165, 1.54) is 37.5 Å². The number of nitro groups is 1. The summed E-state index contributed by atoms with van der Waals surface area (Å²) < 4.78 is 37.1. The van der Waals surface area contributed by atoms with Gasteiger partial charge in [0.15, 0.2) is 4.90 Å². The predicted octanol–water partition coefficient (Wildman–Crippen LogP) is 2.98. The highest BCUT2D eigenvalue weighted by Gasteiger charge is 2.26. The Morgan fingerprint density at radius 2 is 1.89 bits per heavy atom. The maximum Gasteiger partial charge on any atom is 0.330 e. The van der Waals surface area contributed by atoms with E-state index in [1.807, 2.05) is 0 Å². The molecule has 0 aliphatic carbocycles. The Morgan fingerprint density at radius 1 is 1.21 bits per heavy atom. The Kier molecular flexibility index (Phi) is 6.72. The van der Waals surface area contributed by atoms with Crippen LogP contribution in [0, 0.1) is 10.1 Å². The average Bonchev–Trinajstić information content (AvgIpc) is 2.67. The summed E-state index contributed by atoms with van der Waals surface area (Å²) in [7, 11) is -2.88. The Hall–Kier alpha value is -3.40. The van der Waals surface area contributed by atoms with E-state index in [0.717, 1.165) is 12.1 Å². The van der Waals surface area contributed by atoms with Crippen molar-refractivity contribution in [3.05, 3.63) is 64.2 Å². The molecule has 10 heteroatoms. The Morgan fingerprint density at radius 3 is 2.46 bits per heavy atom. The second-order valence-corrected chi connectivity index (χ2v) is 7.05. The first kappa shape index (κ1) is 20.9. The van der Waals surface area contributed by atoms with Crippen molar-refractivity contribution in [2.24, 2.45) is 0 Å². The Bertz CT molecular complexity index is 999. The quantitative estimate of drug-likeness (QED) is 0.309. The van der Waals surface area contributed by atoms with Gasteiger partial charge in [0.05, 0.1) is 24.7 Å². The van der Waals surface area contributed by atoms with E-state index in [1.54, 1.807) is 19.1 Å². The third-order valence-corrected chi connectivity index (χ3v) is 4.94. The first-order valence-corrected chi connectivity index (χ1v) is 9.55. The standard InChI is InChI=1S/C18H18N2O7S/c1-3-27-18(21)11-6-13-4-7-14(8-5-13)19-28(24,25)17-10-9-15(26-2)12-16(17)20(22)23/h4-12,19H,3H2,1-2H3/b11-6+. The van der Waals surface area contributed by atoms with Gasteiger partial charge in [-0.1, -0.05) is 12.1 Å². The number of carbonyl (C=O) groups is 1. The van der Waals surface area contributed by atoms with Crippen molar-refractivity contribution in [2.45, 2.75) is 11.8 Å². The molecule has 2 aromatic carbocycles. The van der Waals surface area contributed by atoms with E-state index in [0.29, 0.717) is 5.56 Å². The van der Waals surface area contributed by atoms with E-state index in [2.05, 4.69) is 4.72 Å². The van der Waals surface area contributed by atoms with Crippen LogP contribution in [0.25, 0.3) is 6.08 Å². The van der Waals surface area contributed by atoms with Gasteiger partial charge in [0.25, 0.3) is 15.7 Å². The minimum absolute atomic E-state index is 0.170. The molecule has 0 fully saturated rings. The van der Waals surface area contributed by atoms with Crippen molar-refractivity contribution in [3.63, 3.8) is 0 Å². The predicted molar refractivity (Wildman–Crippen MR) is 103 cm³/mol. The van der Waals surface area contributed by atoms with Crippen LogP contribution in [0.1, 0.15) is 12.5 Å². The Labute approximate surface area is 161 Å². The molecule has 0 unspecified atom stereocenters. The number of anilines is 1. The molecule has 0 atom stereocenters. The number of ether oxygens (including phenoxy) is 2. The van der Waals surface area contributed by atoms with Crippen molar-refractivity contribution >= 4 is 33.4 Å². The van der Waals surface area contributed by atoms with E-state index < -0.39 is 31.5 Å². The third-order valence-electron chi connectivity index (χ3n) is 3.51. The van der Waals surface area contributed by atoms with Crippen molar-refractivity contribution in [3.8, 4) is 5.75 Å². The monoisotopic (exact) mass is 406 g/mol. The van der Waals surface area contributed by atoms with Crippen LogP contribution in [-0.2, 0) is 19.6 Å². The zero-order valence-electron chi connectivity index (χ0n) is 15.1. The number of benzene rings is 2. The molecule has 0 spiro atoms. The summed E-state index contributed by atoms with van der Waals surface area (Å²) in [6, 6.07) is 9.57. The summed E-state index contributed by atoms with van der Waals surface area (Å²) in [6.07, 6.45) is 2.77. The lowest BCUT2D eigenvalue weighted by atomic mass is 10.2. The first-order valence-electron chi connectivity index (χ1n) is 8.07. The van der Waals surface area contributed by atoms with E-state index >= 15 is 0 Å². The molecule has 0 bridgehead atoms. The molecule has 1 N–H and O–H groups in total. The molecule has 28 heavy (non-hydrogen) atoms. The van der Waals surface area contributed by atoms with Crippen molar-refractivity contribution in [1.82, 2.24) is 0 Å². The molecule has 2 rings (SSSR count). The minimum atomic E-state index is -4.20. The van der Waals surface area contributed by atoms with Gasteiger partial charge in [0.1, 0.15) is 5.75 Å². The summed E-state index contributed by atoms with van der Waals surface area (Å²) in [5.74, 6) is -0.317. The molecule has 148 valence electrons. The topological polar surface area (TPSA) is 125 Å². The number of esters is 1. The van der Waals surface area contributed by atoms with Gasteiger partial charge in [-0.05, 0) is 42.8 Å². The largest absolute Gasteiger partial charge is 0.497 e. The van der Waals surface area contributed by atoms with Crippen molar-refractivity contribution < 1.29 is 27.6 Å². The fraction of sp³-hybridized carbons (Fsp3) is 0.167. The van der Waals surface area contributed by atoms with Crippen LogP contribution in [0.5, 0.6) is 5.75 Å². The summed E-state index contributed by atoms with van der Waals surface area (Å²) >= 11 is 0. The number of nitrogens with zero attached hydrogens (tertiary/aromatic N) is 1. The number of methoxy groups -OCH3 is 1. The highest BCUT2D eigenvalue weighted by molar-refractivity contribution is 7.92. The number of nitrogens with one attached hydrogen (secondary N) is 1. The molecular formula is C18H18N2O7S. The van der Waals surface area contributed by atoms with E-state index in [9.17, 15) is 23.3 Å². The summed E-state index contributed by atoms with van der Waals surface area (Å²) in [4.78, 5) is 21.2. The van der Waals surface area contributed by atoms with Gasteiger partial charge in [-0.15, -0.1) is 0 Å². The van der Waals surface area contributed by atoms with Crippen LogP contribution in [0.4, 0.5) is 11.4 Å². The summed E-state index contributed by atoms with van der Waals surface area (Å²) in [5, 5.41) is 11.2. The molecule has 0 amide bonds. The van der Waals surface area contributed by atoms with Gasteiger partial charge in [0.2, 0.25) is 0 Å². The lowest BCUT2D eigenvalue weighted by molar-refractivity contribution is -0.387. The number of hydrogen-bond donors (Lipinski definition) is 1. The van der Waals surface area contributed by atoms with Gasteiger partial charge in [0, 0.05) is 11.8 Å². The zero-order valence-corrected chi connectivity index (χ0v) is 15.9. The third kappa shape index (κ3) is 5.30. The van der Waals surface area contributed by atoms with E-state index in [-0.39, 0.29) is 18.0 Å². The van der Waals surface area contributed by atoms with Crippen molar-refractivity contribution in [2.75, 3.05) is 18.4 Å². The second kappa shape index (κ2) is 9.00. The first-order chi connectivity index (χ1) is 13.3. The molecule has 0 aliphatic heterocycles. The molecule has 0 saturated carbocycles. The van der Waals surface area contributed by atoms with Gasteiger partial charge < -0.3 is 9.47 Å². The minimum Gasteiger partial charge on any atom is -0.497 e. The maximum absolute atomic E-state index is 12.6. The Balaban J connectivity index is 2.23. The van der Waals surface area contributed by atoms with Gasteiger partial charge in [-0.25, -0.2) is 13.2 Å². The molecule has 0 saturated heterocycles. The summed E-state index contributed by atoms with van der Waals surface area (Å²) in [6.45, 7) is 1.96. The summed E-state index contributed by atoms with van der Waals surface area (Å²) in [5.41, 5.74) is 0.255. The fourth-order valence-corrected chi connectivity index (χ4v) is 3.43. The van der Waals surface area contributed by atoms with Crippen LogP contribution in [-0.4, -0.2) is 33.0 Å². The molecule has 0 aromatic heterocycles. The normalized spacial score (nSPS) is 11.2. The molecule has 0 radical (unpaired) electrons. The number of rotatable bonds is 8. The van der Waals surface area contributed by atoms with Crippen LogP contribution >= 0.6 is 0 Å². The zero-order chi connectivity index (χ0) is 20.7. The number of nitro benzene ring substituents is 1. The van der Waals surface area contributed by atoms with Gasteiger partial charge in [-0.3, -0.25) is 14.8 Å². The smallest absolute Gasteiger partial charge is 0.330 e. The van der Waals surface area contributed by atoms with Crippen LogP contribution < -0.4 is 9.46 Å². The second-order valence-electron chi connectivity index (χ2n) is 5.40. The number of carbonyl (C=O) groups excluding carboxylic acids is 1. The average molecular weight is 406 g/mol. The van der Waals surface area contributed by atoms with Gasteiger partial charge in [-0.2, -0.15) is 0 Å². The number of sulfonamides is 1. The van der Waals surface area contributed by atoms with Gasteiger partial charge >= 0.3 is 5.97 Å². The number of hydrogen-bond acceptors (Lipinski definition) is 7. The highest BCUT2D eigenvalue weighted by atomic mass is 32.2.